The molecule has 9 heteroatoms. The third-order valence-electron chi connectivity index (χ3n) is 4.65. The fraction of sp³-hybridized carbons (Fsp3) is 0.600. The number of benzene rings is 1. The van der Waals surface area contributed by atoms with Crippen molar-refractivity contribution in [1.82, 2.24) is 0 Å². The second-order valence-corrected chi connectivity index (χ2v) is 8.90. The fourth-order valence-electron chi connectivity index (χ4n) is 3.49. The molecule has 3 rings (SSSR count). The third-order valence-corrected chi connectivity index (χ3v) is 6.29. The van der Waals surface area contributed by atoms with Gasteiger partial charge in [0, 0.05) is 9.49 Å². The van der Waals surface area contributed by atoms with Gasteiger partial charge in [0.15, 0.2) is 0 Å². The van der Waals surface area contributed by atoms with Gasteiger partial charge in [-0.1, -0.05) is 24.6 Å². The topological polar surface area (TPSA) is 54.4 Å². The fourth-order valence-corrected chi connectivity index (χ4v) is 4.40. The first kappa shape index (κ1) is 19.9. The molecule has 2 aliphatic rings. The van der Waals surface area contributed by atoms with Gasteiger partial charge in [0.05, 0.1) is 0 Å². The Hall–Kier alpha value is -0.420. The van der Waals surface area contributed by atoms with Crippen molar-refractivity contribution < 1.29 is 30.5 Å². The van der Waals surface area contributed by atoms with E-state index < -0.39 is 33.1 Å². The van der Waals surface area contributed by atoms with E-state index in [4.69, 9.17) is 4.55 Å². The molecule has 0 aromatic heterocycles. The van der Waals surface area contributed by atoms with Crippen LogP contribution in [0.2, 0.25) is 0 Å². The van der Waals surface area contributed by atoms with E-state index in [1.807, 2.05) is 18.2 Å². The summed E-state index contributed by atoms with van der Waals surface area (Å²) >= 11 is 2.28. The zero-order valence-corrected chi connectivity index (χ0v) is 15.5. The molecule has 1 N–H and O–H groups in total. The van der Waals surface area contributed by atoms with Gasteiger partial charge in [-0.05, 0) is 65.8 Å². The summed E-state index contributed by atoms with van der Waals surface area (Å²) in [6.07, 6.45) is 1.51. The molecule has 136 valence electrons. The first-order valence-electron chi connectivity index (χ1n) is 7.40. The molecule has 0 radical (unpaired) electrons. The van der Waals surface area contributed by atoms with Crippen LogP contribution in [0.4, 0.5) is 17.6 Å². The van der Waals surface area contributed by atoms with Crippen LogP contribution in [-0.2, 0) is 10.1 Å². The molecular weight excluding hydrogens is 463 g/mol. The Morgan fingerprint density at radius 1 is 1.04 bits per heavy atom. The highest BCUT2D eigenvalue weighted by Gasteiger charge is 2.71. The Kier molecular flexibility index (Phi) is 5.86. The molecule has 0 heterocycles. The molecule has 24 heavy (non-hydrogen) atoms. The van der Waals surface area contributed by atoms with Crippen LogP contribution in [0.5, 0.6) is 0 Å². The number of hydrogen-bond donors (Lipinski definition) is 1. The van der Waals surface area contributed by atoms with Crippen LogP contribution in [0, 0.1) is 21.3 Å². The highest BCUT2D eigenvalue weighted by Crippen LogP contribution is 2.58. The van der Waals surface area contributed by atoms with Crippen molar-refractivity contribution in [2.45, 2.75) is 36.9 Å². The summed E-state index contributed by atoms with van der Waals surface area (Å²) in [5.41, 5.74) is 0. The van der Waals surface area contributed by atoms with Crippen molar-refractivity contribution >= 4 is 32.7 Å². The van der Waals surface area contributed by atoms with Crippen LogP contribution in [-0.4, -0.2) is 24.1 Å². The van der Waals surface area contributed by atoms with Crippen LogP contribution in [0.3, 0.4) is 0 Å². The van der Waals surface area contributed by atoms with Gasteiger partial charge < -0.3 is 0 Å². The number of halogens is 5. The molecule has 1 aromatic rings. The van der Waals surface area contributed by atoms with Crippen molar-refractivity contribution in [2.24, 2.45) is 17.8 Å². The van der Waals surface area contributed by atoms with Gasteiger partial charge >= 0.3 is 21.3 Å². The lowest BCUT2D eigenvalue weighted by Gasteiger charge is -2.33. The van der Waals surface area contributed by atoms with Crippen molar-refractivity contribution in [3.63, 3.8) is 0 Å². The molecule has 1 aromatic carbocycles. The first-order valence-corrected chi connectivity index (χ1v) is 9.92. The van der Waals surface area contributed by atoms with E-state index in [1.54, 1.807) is 0 Å². The molecule has 2 saturated carbocycles. The predicted octanol–water partition coefficient (Wildman–Crippen LogP) is 4.83. The lowest BCUT2D eigenvalue weighted by molar-refractivity contribution is -0.202. The minimum Gasteiger partial charge on any atom is -0.281 e. The molecule has 3 atom stereocenters. The summed E-state index contributed by atoms with van der Waals surface area (Å²) in [5.74, 6) is -6.95. The lowest BCUT2D eigenvalue weighted by Crippen LogP contribution is -2.52. The number of hydrogen-bond acceptors (Lipinski definition) is 2. The summed E-state index contributed by atoms with van der Waals surface area (Å²) in [6.45, 7) is 0. The molecule has 0 spiro atoms. The zero-order chi connectivity index (χ0) is 18.2. The summed E-state index contributed by atoms with van der Waals surface area (Å²) < 4.78 is 83.7. The third kappa shape index (κ3) is 3.87. The van der Waals surface area contributed by atoms with Crippen molar-refractivity contribution in [1.29, 1.82) is 0 Å². The Labute approximate surface area is 151 Å². The highest BCUT2D eigenvalue weighted by molar-refractivity contribution is 14.1. The Bertz CT molecular complexity index is 667. The van der Waals surface area contributed by atoms with Crippen molar-refractivity contribution in [2.75, 3.05) is 0 Å². The molecule has 0 amide bonds. The molecule has 2 bridgehead atoms. The van der Waals surface area contributed by atoms with Gasteiger partial charge in [0.1, 0.15) is 0 Å². The van der Waals surface area contributed by atoms with Gasteiger partial charge in [0.25, 0.3) is 0 Å². The van der Waals surface area contributed by atoms with E-state index in [0.717, 1.165) is 6.42 Å². The van der Waals surface area contributed by atoms with E-state index in [9.17, 15) is 26.0 Å². The lowest BCUT2D eigenvalue weighted by atomic mass is 9.84. The summed E-state index contributed by atoms with van der Waals surface area (Å²) in [7, 11) is -6.10. The summed E-state index contributed by atoms with van der Waals surface area (Å²) in [5, 5.41) is -5.41. The largest absolute Gasteiger partial charge is 0.431 e. The minimum atomic E-state index is -6.10. The Balaban J connectivity index is 0.000000249. The second kappa shape index (κ2) is 7.06. The van der Waals surface area contributed by atoms with E-state index >= 15 is 0 Å². The van der Waals surface area contributed by atoms with Gasteiger partial charge in [-0.15, -0.1) is 0 Å². The zero-order valence-electron chi connectivity index (χ0n) is 12.5. The smallest absolute Gasteiger partial charge is 0.281 e. The normalized spacial score (nSPS) is 26.8. The van der Waals surface area contributed by atoms with E-state index in [1.165, 1.54) is 3.57 Å². The van der Waals surface area contributed by atoms with Crippen LogP contribution in [0.25, 0.3) is 0 Å². The summed E-state index contributed by atoms with van der Waals surface area (Å²) in [6, 6.07) is 10.2. The van der Waals surface area contributed by atoms with Crippen LogP contribution < -0.4 is 0 Å². The monoisotopic (exact) mass is 480 g/mol. The maximum atomic E-state index is 13.6. The van der Waals surface area contributed by atoms with Crippen LogP contribution in [0.15, 0.2) is 30.3 Å². The Morgan fingerprint density at radius 3 is 1.96 bits per heavy atom. The van der Waals surface area contributed by atoms with Gasteiger partial charge in [-0.25, -0.2) is 0 Å². The van der Waals surface area contributed by atoms with Gasteiger partial charge in [-0.3, -0.25) is 4.55 Å². The first-order chi connectivity index (χ1) is 11.0. The minimum absolute atomic E-state index is 0.0203. The predicted molar refractivity (Wildman–Crippen MR) is 89.5 cm³/mol. The number of fused-ring (bicyclic) bond motifs is 2. The van der Waals surface area contributed by atoms with Crippen molar-refractivity contribution in [3.05, 3.63) is 33.9 Å². The maximum Gasteiger partial charge on any atom is 0.431 e. The van der Waals surface area contributed by atoms with E-state index in [0.29, 0.717) is 12.8 Å². The van der Waals surface area contributed by atoms with Crippen molar-refractivity contribution in [3.8, 4) is 0 Å². The quantitative estimate of drug-likeness (QED) is 0.383. The maximum absolute atomic E-state index is 13.6. The van der Waals surface area contributed by atoms with Crippen LogP contribution in [0.1, 0.15) is 25.7 Å². The Morgan fingerprint density at radius 2 is 1.62 bits per heavy atom. The average molecular weight is 480 g/mol. The molecule has 3 nitrogen and oxygen atoms in total. The highest BCUT2D eigenvalue weighted by atomic mass is 127. The molecule has 0 saturated heterocycles. The molecular formula is C15H17F4IO3S. The van der Waals surface area contributed by atoms with Gasteiger partial charge in [0.2, 0.25) is 0 Å². The van der Waals surface area contributed by atoms with E-state index in [-0.39, 0.29) is 12.3 Å². The molecule has 3 unspecified atom stereocenters. The second-order valence-electron chi connectivity index (χ2n) is 6.19. The number of alkyl halides is 4. The van der Waals surface area contributed by atoms with Gasteiger partial charge in [-0.2, -0.15) is 26.0 Å². The molecule has 2 aliphatic carbocycles. The SMILES string of the molecule is Ic1ccccc1.O=S(=O)(O)C(F)(F)C(F)(F)C1CC2CCC1C2. The molecule has 0 aliphatic heterocycles. The standard InChI is InChI=1S/C9H12F4O3S.C6H5I/c10-8(11,9(12,13)17(14,15)16)7-4-5-1-2-6(7)3-5;7-6-4-2-1-3-5-6/h5-7H,1-4H2,(H,14,15,16);1-5H. The molecule has 2 fully saturated rings. The van der Waals surface area contributed by atoms with Crippen LogP contribution >= 0.6 is 22.6 Å². The number of rotatable bonds is 3. The van der Waals surface area contributed by atoms with E-state index in [2.05, 4.69) is 34.7 Å². The summed E-state index contributed by atoms with van der Waals surface area (Å²) in [4.78, 5) is 0. The average Bonchev–Trinajstić information content (AvgIpc) is 3.10.